The van der Waals surface area contributed by atoms with Crippen LogP contribution in [0, 0.1) is 5.82 Å². The van der Waals surface area contributed by atoms with Crippen LogP contribution in [0.3, 0.4) is 0 Å². The second-order valence-electron chi connectivity index (χ2n) is 9.49. The number of pyridine rings is 1. The van der Waals surface area contributed by atoms with Crippen LogP contribution in [-0.4, -0.2) is 66.2 Å². The summed E-state index contributed by atoms with van der Waals surface area (Å²) in [5, 5.41) is 10.1. The van der Waals surface area contributed by atoms with Gasteiger partial charge in [0.25, 0.3) is 5.88 Å². The molecule has 1 spiro atoms. The van der Waals surface area contributed by atoms with Crippen molar-refractivity contribution in [1.29, 1.82) is 0 Å². The van der Waals surface area contributed by atoms with E-state index < -0.39 is 22.3 Å². The summed E-state index contributed by atoms with van der Waals surface area (Å²) in [6.45, 7) is 3.93. The fourth-order valence-electron chi connectivity index (χ4n) is 5.10. The van der Waals surface area contributed by atoms with Crippen LogP contribution in [0.4, 0.5) is 10.1 Å². The number of hydrogen-bond acceptors (Lipinski definition) is 8. The SMILES string of the molecule is C[C@H]1C[C@]2(CCN1Cc1ccc(O)c(OC3CC3)n1)CN(C)S(O)(O)N2c1cccc(F)c1. The summed E-state index contributed by atoms with van der Waals surface area (Å²) in [5.74, 6) is -0.0542. The Kier molecular flexibility index (Phi) is 5.69. The zero-order chi connectivity index (χ0) is 23.4. The number of aromatic hydroxyl groups is 1. The van der Waals surface area contributed by atoms with E-state index >= 15 is 0 Å². The quantitative estimate of drug-likeness (QED) is 0.588. The Balaban J connectivity index is 1.35. The molecule has 1 saturated carbocycles. The van der Waals surface area contributed by atoms with Gasteiger partial charge in [0.05, 0.1) is 16.9 Å². The molecule has 1 aromatic heterocycles. The highest BCUT2D eigenvalue weighted by Gasteiger charge is 2.55. The van der Waals surface area contributed by atoms with Crippen molar-refractivity contribution < 1.29 is 23.3 Å². The maximum absolute atomic E-state index is 14.0. The van der Waals surface area contributed by atoms with Crippen molar-refractivity contribution in [2.24, 2.45) is 0 Å². The minimum absolute atomic E-state index is 0.0567. The fourth-order valence-corrected chi connectivity index (χ4v) is 6.93. The lowest BCUT2D eigenvalue weighted by Gasteiger charge is -2.51. The molecule has 1 aromatic carbocycles. The zero-order valence-electron chi connectivity index (χ0n) is 18.9. The maximum Gasteiger partial charge on any atom is 0.257 e. The molecule has 0 unspecified atom stereocenters. The largest absolute Gasteiger partial charge is 0.503 e. The van der Waals surface area contributed by atoms with E-state index in [0.29, 0.717) is 37.5 Å². The Labute approximate surface area is 195 Å². The molecule has 2 aliphatic heterocycles. The molecule has 3 aliphatic rings. The van der Waals surface area contributed by atoms with Crippen LogP contribution < -0.4 is 9.04 Å². The second kappa shape index (κ2) is 8.28. The molecule has 0 amide bonds. The van der Waals surface area contributed by atoms with Crippen LogP contribution >= 0.6 is 11.0 Å². The molecule has 3 N–H and O–H groups in total. The number of nitrogens with zero attached hydrogens (tertiary/aromatic N) is 4. The average molecular weight is 479 g/mol. The van der Waals surface area contributed by atoms with Gasteiger partial charge in [-0.3, -0.25) is 18.3 Å². The number of piperidine rings is 1. The van der Waals surface area contributed by atoms with Gasteiger partial charge in [-0.1, -0.05) is 17.0 Å². The van der Waals surface area contributed by atoms with Gasteiger partial charge < -0.3 is 9.84 Å². The number of halogens is 1. The smallest absolute Gasteiger partial charge is 0.257 e. The highest BCUT2D eigenvalue weighted by atomic mass is 32.3. The Morgan fingerprint density at radius 2 is 2.03 bits per heavy atom. The first kappa shape index (κ1) is 22.7. The number of hydrogen-bond donors (Lipinski definition) is 3. The molecule has 2 atom stereocenters. The number of likely N-dealkylation sites (N-methyl/N-ethyl adjacent to an activating group) is 1. The summed E-state index contributed by atoms with van der Waals surface area (Å²) in [4.78, 5) is 6.83. The highest BCUT2D eigenvalue weighted by Crippen LogP contribution is 2.61. The van der Waals surface area contributed by atoms with Gasteiger partial charge in [-0.15, -0.1) is 0 Å². The van der Waals surface area contributed by atoms with Crippen LogP contribution in [0.2, 0.25) is 0 Å². The van der Waals surface area contributed by atoms with E-state index in [4.69, 9.17) is 4.74 Å². The van der Waals surface area contributed by atoms with Crippen LogP contribution in [0.5, 0.6) is 11.6 Å². The van der Waals surface area contributed by atoms with Crippen molar-refractivity contribution in [2.75, 3.05) is 24.4 Å². The van der Waals surface area contributed by atoms with E-state index in [2.05, 4.69) is 16.8 Å². The first-order valence-electron chi connectivity index (χ1n) is 11.3. The van der Waals surface area contributed by atoms with Crippen LogP contribution in [0.1, 0.15) is 38.3 Å². The standard InChI is InChI=1S/C23H31FN4O4S/c1-16-13-23(15-26(2)33(30,31)28(23)19-5-3-4-17(24)12-19)10-11-27(16)14-18-6-9-21(29)22(25-18)32-20-7-8-20/h3-6,9,12,16,20,29-31H,7-8,10-11,13-15H2,1-2H3/t16-,23+/m0/s1. The number of likely N-dealkylation sites (tertiary alicyclic amines) is 1. The highest BCUT2D eigenvalue weighted by molar-refractivity contribution is 8.23. The molecule has 3 heterocycles. The van der Waals surface area contributed by atoms with Gasteiger partial charge in [-0.2, -0.15) is 4.31 Å². The molecule has 0 bridgehead atoms. The van der Waals surface area contributed by atoms with E-state index in [1.54, 1.807) is 33.9 Å². The molecule has 8 nitrogen and oxygen atoms in total. The third-order valence-corrected chi connectivity index (χ3v) is 8.94. The average Bonchev–Trinajstić information content (AvgIpc) is 3.53. The Bertz CT molecular complexity index is 1040. The molecule has 3 fully saturated rings. The number of ether oxygens (including phenoxy) is 1. The molecule has 5 rings (SSSR count). The first-order chi connectivity index (χ1) is 15.7. The summed E-state index contributed by atoms with van der Waals surface area (Å²) >= 11 is 0. The summed E-state index contributed by atoms with van der Waals surface area (Å²) in [6, 6.07) is 9.63. The predicted octanol–water partition coefficient (Wildman–Crippen LogP) is 4.22. The lowest BCUT2D eigenvalue weighted by molar-refractivity contribution is 0.0989. The Morgan fingerprint density at radius 1 is 1.24 bits per heavy atom. The predicted molar refractivity (Wildman–Crippen MR) is 126 cm³/mol. The van der Waals surface area contributed by atoms with Crippen molar-refractivity contribution in [3.05, 3.63) is 47.9 Å². The number of aromatic nitrogens is 1. The van der Waals surface area contributed by atoms with Gasteiger partial charge in [-0.05, 0) is 62.9 Å². The lowest BCUT2D eigenvalue weighted by atomic mass is 9.83. The Hall–Kier alpha value is -2.11. The number of anilines is 1. The second-order valence-corrected chi connectivity index (χ2v) is 11.5. The molecule has 2 aromatic rings. The van der Waals surface area contributed by atoms with E-state index in [1.165, 1.54) is 12.1 Å². The van der Waals surface area contributed by atoms with Crippen LogP contribution in [-0.2, 0) is 6.54 Å². The van der Waals surface area contributed by atoms with E-state index in [0.717, 1.165) is 25.1 Å². The van der Waals surface area contributed by atoms with E-state index in [9.17, 15) is 18.6 Å². The van der Waals surface area contributed by atoms with Gasteiger partial charge in [-0.25, -0.2) is 9.37 Å². The molecule has 10 heteroatoms. The molecule has 2 saturated heterocycles. The molecule has 33 heavy (non-hydrogen) atoms. The Morgan fingerprint density at radius 3 is 2.73 bits per heavy atom. The molecule has 1 aliphatic carbocycles. The van der Waals surface area contributed by atoms with E-state index in [1.807, 2.05) is 6.07 Å². The van der Waals surface area contributed by atoms with Crippen molar-refractivity contribution in [3.8, 4) is 11.6 Å². The summed E-state index contributed by atoms with van der Waals surface area (Å²) in [6.07, 6.45) is 3.52. The third-order valence-electron chi connectivity index (χ3n) is 6.88. The van der Waals surface area contributed by atoms with Crippen molar-refractivity contribution in [1.82, 2.24) is 14.2 Å². The van der Waals surface area contributed by atoms with Crippen LogP contribution in [0.15, 0.2) is 36.4 Å². The minimum atomic E-state index is -3.23. The lowest BCUT2D eigenvalue weighted by Crippen LogP contribution is -2.57. The van der Waals surface area contributed by atoms with Crippen molar-refractivity contribution in [3.63, 3.8) is 0 Å². The first-order valence-corrected chi connectivity index (χ1v) is 12.8. The van der Waals surface area contributed by atoms with Gasteiger partial charge in [0.1, 0.15) is 11.9 Å². The zero-order valence-corrected chi connectivity index (χ0v) is 19.7. The molecular weight excluding hydrogens is 447 g/mol. The third kappa shape index (κ3) is 4.26. The van der Waals surface area contributed by atoms with Gasteiger partial charge in [0, 0.05) is 32.7 Å². The maximum atomic E-state index is 14.0. The van der Waals surface area contributed by atoms with E-state index in [-0.39, 0.29) is 17.9 Å². The molecule has 0 radical (unpaired) electrons. The molecule has 180 valence electrons. The van der Waals surface area contributed by atoms with Gasteiger partial charge in [0.2, 0.25) is 0 Å². The number of benzene rings is 1. The van der Waals surface area contributed by atoms with Gasteiger partial charge in [0.15, 0.2) is 5.75 Å². The normalized spacial score (nSPS) is 28.9. The summed E-state index contributed by atoms with van der Waals surface area (Å²) in [5.41, 5.74) is 0.794. The van der Waals surface area contributed by atoms with Gasteiger partial charge >= 0.3 is 0 Å². The molecular formula is C23H31FN4O4S. The summed E-state index contributed by atoms with van der Waals surface area (Å²) in [7, 11) is -1.53. The van der Waals surface area contributed by atoms with Crippen molar-refractivity contribution >= 4 is 16.6 Å². The fraction of sp³-hybridized carbons (Fsp3) is 0.522. The summed E-state index contributed by atoms with van der Waals surface area (Å²) < 4.78 is 45.0. The number of rotatable bonds is 5. The minimum Gasteiger partial charge on any atom is -0.503 e. The monoisotopic (exact) mass is 478 g/mol. The van der Waals surface area contributed by atoms with Crippen molar-refractivity contribution in [2.45, 2.75) is 56.8 Å². The topological polar surface area (TPSA) is 92.5 Å². The van der Waals surface area contributed by atoms with Crippen LogP contribution in [0.25, 0.3) is 0 Å².